The fraction of sp³-hybridized carbons (Fsp3) is 0.286. The molecule has 21 heavy (non-hydrogen) atoms. The summed E-state index contributed by atoms with van der Waals surface area (Å²) in [7, 11) is 0. The molecule has 1 aliphatic carbocycles. The van der Waals surface area contributed by atoms with E-state index in [0.717, 1.165) is 47.8 Å². The summed E-state index contributed by atoms with van der Waals surface area (Å²) in [5.41, 5.74) is 3.41. The molecular weight excluding hydrogens is 329 g/mol. The van der Waals surface area contributed by atoms with E-state index in [0.29, 0.717) is 15.7 Å². The first-order chi connectivity index (χ1) is 10.2. The highest BCUT2D eigenvalue weighted by Crippen LogP contribution is 2.49. The van der Waals surface area contributed by atoms with Crippen LogP contribution in [0.15, 0.2) is 31.5 Å². The molecule has 0 fully saturated rings. The number of hydrogen-bond donors (Lipinski definition) is 1. The average molecular weight is 340 g/mol. The van der Waals surface area contributed by atoms with Crippen LogP contribution >= 0.6 is 23.2 Å². The van der Waals surface area contributed by atoms with Crippen molar-refractivity contribution < 1.29 is 4.42 Å². The molecule has 0 spiro atoms. The van der Waals surface area contributed by atoms with Gasteiger partial charge in [-0.25, -0.2) is 0 Å². The highest BCUT2D eigenvalue weighted by molar-refractivity contribution is 7.58. The third-order valence-electron chi connectivity index (χ3n) is 3.81. The lowest BCUT2D eigenvalue weighted by Crippen LogP contribution is -2.16. The first-order valence-electron chi connectivity index (χ1n) is 6.67. The highest BCUT2D eigenvalue weighted by Gasteiger charge is 2.26. The summed E-state index contributed by atoms with van der Waals surface area (Å²) in [6.07, 6.45) is 4.85. The van der Waals surface area contributed by atoms with Crippen LogP contribution in [0.1, 0.15) is 30.2 Å². The van der Waals surface area contributed by atoms with E-state index in [-0.39, 0.29) is 6.04 Å². The Labute approximate surface area is 135 Å². The Morgan fingerprint density at radius 3 is 3.00 bits per heavy atom. The zero-order chi connectivity index (χ0) is 14.4. The molecule has 2 aliphatic rings. The van der Waals surface area contributed by atoms with E-state index in [4.69, 9.17) is 27.6 Å². The van der Waals surface area contributed by atoms with E-state index >= 15 is 0 Å². The second-order valence-electron chi connectivity index (χ2n) is 5.06. The number of fused-ring (bicyclic) bond motifs is 2. The largest absolute Gasteiger partial charge is 0.469 e. The Morgan fingerprint density at radius 1 is 1.24 bits per heavy atom. The zero-order valence-electron chi connectivity index (χ0n) is 10.9. The van der Waals surface area contributed by atoms with Crippen molar-refractivity contribution in [2.24, 2.45) is 8.73 Å². The molecule has 0 bridgehead atoms. The van der Waals surface area contributed by atoms with Crippen LogP contribution in [0.2, 0.25) is 10.0 Å². The number of nitrogens with zero attached hydrogens (tertiary/aromatic N) is 2. The second-order valence-corrected chi connectivity index (χ2v) is 6.41. The number of hydrogen-bond acceptors (Lipinski definition) is 4. The van der Waals surface area contributed by atoms with Gasteiger partial charge in [-0.3, -0.25) is 0 Å². The molecule has 2 aromatic rings. The van der Waals surface area contributed by atoms with Crippen molar-refractivity contribution in [1.29, 1.82) is 0 Å². The van der Waals surface area contributed by atoms with Gasteiger partial charge in [0.25, 0.3) is 0 Å². The Morgan fingerprint density at radius 2 is 2.10 bits per heavy atom. The van der Waals surface area contributed by atoms with Crippen LogP contribution in [0.5, 0.6) is 0 Å². The molecule has 0 saturated heterocycles. The van der Waals surface area contributed by atoms with Crippen molar-refractivity contribution in [2.45, 2.75) is 25.3 Å². The predicted octanol–water partition coefficient (Wildman–Crippen LogP) is 5.80. The van der Waals surface area contributed by atoms with E-state index in [1.807, 2.05) is 6.07 Å². The topological polar surface area (TPSA) is 49.9 Å². The van der Waals surface area contributed by atoms with Gasteiger partial charge < -0.3 is 9.73 Å². The van der Waals surface area contributed by atoms with Gasteiger partial charge >= 0.3 is 0 Å². The lowest BCUT2D eigenvalue weighted by Gasteiger charge is -2.25. The van der Waals surface area contributed by atoms with Crippen LogP contribution in [-0.4, -0.2) is 0 Å². The number of anilines is 1. The van der Waals surface area contributed by atoms with E-state index in [9.17, 15) is 0 Å². The van der Waals surface area contributed by atoms with Crippen LogP contribution in [0, 0.1) is 0 Å². The summed E-state index contributed by atoms with van der Waals surface area (Å²) in [6.45, 7) is 0. The minimum Gasteiger partial charge on any atom is -0.469 e. The van der Waals surface area contributed by atoms with Gasteiger partial charge in [-0.2, -0.15) is 8.73 Å². The molecule has 1 atom stereocenters. The first-order valence-corrected chi connectivity index (χ1v) is 8.15. The summed E-state index contributed by atoms with van der Waals surface area (Å²) >= 11 is 13.6. The molecule has 0 saturated carbocycles. The van der Waals surface area contributed by atoms with Crippen LogP contribution in [0.3, 0.4) is 0 Å². The van der Waals surface area contributed by atoms with Gasteiger partial charge in [-0.05, 0) is 25.0 Å². The van der Waals surface area contributed by atoms with Crippen molar-refractivity contribution in [3.63, 3.8) is 0 Å². The van der Waals surface area contributed by atoms with Crippen LogP contribution in [0.25, 0.3) is 0 Å². The minimum absolute atomic E-state index is 0.177. The van der Waals surface area contributed by atoms with E-state index in [1.54, 1.807) is 12.3 Å². The molecule has 1 aromatic carbocycles. The Kier molecular flexibility index (Phi) is 3.28. The van der Waals surface area contributed by atoms with Crippen molar-refractivity contribution in [3.05, 3.63) is 39.8 Å². The van der Waals surface area contributed by atoms with Gasteiger partial charge in [-0.1, -0.05) is 23.2 Å². The van der Waals surface area contributed by atoms with Crippen molar-refractivity contribution >= 4 is 51.6 Å². The van der Waals surface area contributed by atoms with Crippen LogP contribution in [0.4, 0.5) is 17.1 Å². The number of furan rings is 1. The van der Waals surface area contributed by atoms with Crippen LogP contribution in [-0.2, 0) is 17.8 Å². The molecule has 0 amide bonds. The van der Waals surface area contributed by atoms with E-state index < -0.39 is 0 Å². The van der Waals surface area contributed by atoms with Gasteiger partial charge in [0, 0.05) is 12.0 Å². The van der Waals surface area contributed by atoms with E-state index in [1.165, 1.54) is 5.56 Å². The van der Waals surface area contributed by atoms with Gasteiger partial charge in [0.2, 0.25) is 0 Å². The number of aryl methyl sites for hydroxylation is 1. The molecule has 2 heterocycles. The van der Waals surface area contributed by atoms with Gasteiger partial charge in [-0.15, -0.1) is 0 Å². The number of halogens is 2. The monoisotopic (exact) mass is 339 g/mol. The molecule has 1 N–H and O–H groups in total. The fourth-order valence-corrected chi connectivity index (χ4v) is 3.99. The smallest absolute Gasteiger partial charge is 0.130 e. The lowest BCUT2D eigenvalue weighted by molar-refractivity contribution is 0.461. The van der Waals surface area contributed by atoms with Gasteiger partial charge in [0.05, 0.1) is 39.4 Å². The molecule has 0 radical (unpaired) electrons. The van der Waals surface area contributed by atoms with Crippen LogP contribution < -0.4 is 5.32 Å². The molecule has 108 valence electrons. The molecular formula is C14H11Cl2N3OS. The Balaban J connectivity index is 1.74. The molecule has 7 heteroatoms. The number of rotatable bonds is 2. The average Bonchev–Trinajstić information content (AvgIpc) is 3.12. The summed E-state index contributed by atoms with van der Waals surface area (Å²) in [4.78, 5) is 0. The fourth-order valence-electron chi connectivity index (χ4n) is 2.82. The third-order valence-corrected chi connectivity index (χ3v) is 4.93. The SMILES string of the molecule is Clc1cc(Cl)c(NC2CCCc3occc32)c2c1N=S=N2. The van der Waals surface area contributed by atoms with Gasteiger partial charge in [0.1, 0.15) is 17.1 Å². The van der Waals surface area contributed by atoms with E-state index in [2.05, 4.69) is 14.0 Å². The standard InChI is InChI=1S/C14H11Cl2N3OS/c15-8-6-9(16)13-14(19-21-18-13)12(8)17-10-2-1-3-11-7(10)4-5-20-11/h4-6,10,17H,1-3H2. The lowest BCUT2D eigenvalue weighted by atomic mass is 9.93. The summed E-state index contributed by atoms with van der Waals surface area (Å²) in [5, 5.41) is 4.60. The third kappa shape index (κ3) is 2.20. The molecule has 1 aromatic heterocycles. The van der Waals surface area contributed by atoms with Crippen molar-refractivity contribution in [2.75, 3.05) is 5.32 Å². The van der Waals surface area contributed by atoms with Crippen molar-refractivity contribution in [1.82, 2.24) is 0 Å². The van der Waals surface area contributed by atoms with Gasteiger partial charge in [0.15, 0.2) is 0 Å². The predicted molar refractivity (Wildman–Crippen MR) is 86.0 cm³/mol. The Bertz CT molecular complexity index is 796. The summed E-state index contributed by atoms with van der Waals surface area (Å²) in [5.74, 6) is 1.05. The second kappa shape index (κ2) is 5.16. The summed E-state index contributed by atoms with van der Waals surface area (Å²) in [6, 6.07) is 3.91. The molecule has 4 nitrogen and oxygen atoms in total. The maximum Gasteiger partial charge on any atom is 0.130 e. The highest BCUT2D eigenvalue weighted by atomic mass is 35.5. The minimum atomic E-state index is 0.177. The zero-order valence-corrected chi connectivity index (χ0v) is 13.2. The quantitative estimate of drug-likeness (QED) is 0.641. The maximum atomic E-state index is 6.35. The maximum absolute atomic E-state index is 6.35. The first kappa shape index (κ1) is 13.4. The van der Waals surface area contributed by atoms with Crippen molar-refractivity contribution in [3.8, 4) is 0 Å². The Hall–Kier alpha value is -1.30. The summed E-state index contributed by atoms with van der Waals surface area (Å²) < 4.78 is 14.1. The number of nitrogens with one attached hydrogen (secondary N) is 1. The molecule has 4 rings (SSSR count). The number of benzene rings is 1. The normalized spacial score (nSPS) is 19.0. The molecule has 1 unspecified atom stereocenters. The molecule has 1 aliphatic heterocycles.